The minimum Gasteiger partial charge on any atom is -0.325 e. The van der Waals surface area contributed by atoms with Gasteiger partial charge in [-0.15, -0.1) is 11.8 Å². The molecular weight excluding hydrogens is 349 g/mol. The van der Waals surface area contributed by atoms with Crippen molar-refractivity contribution in [1.29, 1.82) is 0 Å². The van der Waals surface area contributed by atoms with Crippen LogP contribution in [0.25, 0.3) is 0 Å². The molecule has 2 aromatic rings. The highest BCUT2D eigenvalue weighted by molar-refractivity contribution is 7.99. The maximum Gasteiger partial charge on any atom is 0.234 e. The number of anilines is 1. The highest BCUT2D eigenvalue weighted by atomic mass is 35.5. The molecule has 0 aliphatic heterocycles. The molecule has 110 valence electrons. The first-order chi connectivity index (χ1) is 10.0. The molecule has 0 saturated carbocycles. The van der Waals surface area contributed by atoms with Gasteiger partial charge in [0.25, 0.3) is 0 Å². The molecule has 0 radical (unpaired) electrons. The molecule has 21 heavy (non-hydrogen) atoms. The van der Waals surface area contributed by atoms with Crippen LogP contribution in [0.15, 0.2) is 42.5 Å². The van der Waals surface area contributed by atoms with Crippen molar-refractivity contribution < 1.29 is 4.79 Å². The lowest BCUT2D eigenvalue weighted by atomic mass is 10.2. The lowest BCUT2D eigenvalue weighted by Crippen LogP contribution is -2.14. The molecule has 2 aromatic carbocycles. The van der Waals surface area contributed by atoms with E-state index in [1.807, 2.05) is 12.1 Å². The van der Waals surface area contributed by atoms with Gasteiger partial charge in [0.2, 0.25) is 5.91 Å². The van der Waals surface area contributed by atoms with Crippen LogP contribution in [0, 0.1) is 0 Å². The van der Waals surface area contributed by atoms with Crippen molar-refractivity contribution in [2.75, 3.05) is 11.1 Å². The first kappa shape index (κ1) is 16.5. The van der Waals surface area contributed by atoms with Crippen molar-refractivity contribution in [2.24, 2.45) is 0 Å². The van der Waals surface area contributed by atoms with E-state index in [1.165, 1.54) is 11.8 Å². The summed E-state index contributed by atoms with van der Waals surface area (Å²) in [5.41, 5.74) is 1.73. The molecule has 0 saturated heterocycles. The van der Waals surface area contributed by atoms with E-state index in [2.05, 4.69) is 5.32 Å². The zero-order valence-electron chi connectivity index (χ0n) is 10.9. The number of carbonyl (C=O) groups is 1. The van der Waals surface area contributed by atoms with E-state index in [1.54, 1.807) is 30.3 Å². The summed E-state index contributed by atoms with van der Waals surface area (Å²) >= 11 is 19.2. The molecule has 0 spiro atoms. The fourth-order valence-electron chi connectivity index (χ4n) is 1.65. The third-order valence-corrected chi connectivity index (χ3v) is 4.57. The SMILES string of the molecule is O=C(CSCc1ccc(Cl)c(Cl)c1)Nc1cccc(Cl)c1. The molecule has 0 aliphatic rings. The second-order valence-corrected chi connectivity index (χ2v) is 6.54. The third-order valence-electron chi connectivity index (χ3n) is 2.59. The van der Waals surface area contributed by atoms with Crippen molar-refractivity contribution in [1.82, 2.24) is 0 Å². The summed E-state index contributed by atoms with van der Waals surface area (Å²) in [6, 6.07) is 12.5. The topological polar surface area (TPSA) is 29.1 Å². The minimum atomic E-state index is -0.0673. The molecule has 2 nitrogen and oxygen atoms in total. The van der Waals surface area contributed by atoms with Gasteiger partial charge in [-0.25, -0.2) is 0 Å². The van der Waals surface area contributed by atoms with Crippen LogP contribution in [0.1, 0.15) is 5.56 Å². The van der Waals surface area contributed by atoms with Gasteiger partial charge in [0.15, 0.2) is 0 Å². The Kier molecular flexibility index (Phi) is 6.24. The lowest BCUT2D eigenvalue weighted by Gasteiger charge is -2.06. The van der Waals surface area contributed by atoms with Gasteiger partial charge in [-0.2, -0.15) is 0 Å². The molecular formula is C15H12Cl3NOS. The number of hydrogen-bond acceptors (Lipinski definition) is 2. The number of hydrogen-bond donors (Lipinski definition) is 1. The normalized spacial score (nSPS) is 10.4. The van der Waals surface area contributed by atoms with Gasteiger partial charge in [-0.3, -0.25) is 4.79 Å². The first-order valence-electron chi connectivity index (χ1n) is 6.11. The highest BCUT2D eigenvalue weighted by Crippen LogP contribution is 2.24. The summed E-state index contributed by atoms with van der Waals surface area (Å²) in [6.07, 6.45) is 0. The number of halogens is 3. The molecule has 0 unspecified atom stereocenters. The summed E-state index contributed by atoms with van der Waals surface area (Å²) in [5.74, 6) is 0.981. The lowest BCUT2D eigenvalue weighted by molar-refractivity contribution is -0.113. The zero-order valence-corrected chi connectivity index (χ0v) is 14.0. The van der Waals surface area contributed by atoms with Crippen molar-refractivity contribution in [2.45, 2.75) is 5.75 Å². The second-order valence-electron chi connectivity index (χ2n) is 4.30. The number of carbonyl (C=O) groups excluding carboxylic acids is 1. The van der Waals surface area contributed by atoms with E-state index >= 15 is 0 Å². The van der Waals surface area contributed by atoms with Crippen molar-refractivity contribution in [3.8, 4) is 0 Å². The quantitative estimate of drug-likeness (QED) is 0.760. The average molecular weight is 361 g/mol. The van der Waals surface area contributed by atoms with Gasteiger partial charge < -0.3 is 5.32 Å². The number of rotatable bonds is 5. The molecule has 0 aliphatic carbocycles. The van der Waals surface area contributed by atoms with Crippen molar-refractivity contribution >= 4 is 58.2 Å². The fourth-order valence-corrected chi connectivity index (χ4v) is 2.94. The number of thioether (sulfide) groups is 1. The average Bonchev–Trinajstić information content (AvgIpc) is 2.43. The Bertz CT molecular complexity index is 649. The Morgan fingerprint density at radius 1 is 1.05 bits per heavy atom. The maximum absolute atomic E-state index is 11.8. The molecule has 6 heteroatoms. The van der Waals surface area contributed by atoms with Gasteiger partial charge in [-0.1, -0.05) is 46.9 Å². The van der Waals surface area contributed by atoms with Crippen LogP contribution >= 0.6 is 46.6 Å². The molecule has 0 heterocycles. The predicted octanol–water partition coefficient (Wildman–Crippen LogP) is 5.52. The summed E-state index contributed by atoms with van der Waals surface area (Å²) in [7, 11) is 0. The predicted molar refractivity (Wildman–Crippen MR) is 92.7 cm³/mol. The maximum atomic E-state index is 11.8. The molecule has 0 fully saturated rings. The minimum absolute atomic E-state index is 0.0673. The fraction of sp³-hybridized carbons (Fsp3) is 0.133. The highest BCUT2D eigenvalue weighted by Gasteiger charge is 2.05. The number of benzene rings is 2. The van der Waals surface area contributed by atoms with Crippen LogP contribution in [0.2, 0.25) is 15.1 Å². The zero-order chi connectivity index (χ0) is 15.2. The standard InChI is InChI=1S/C15H12Cl3NOS/c16-11-2-1-3-12(7-11)19-15(20)9-21-8-10-4-5-13(17)14(18)6-10/h1-7H,8-9H2,(H,19,20). The van der Waals surface area contributed by atoms with Crippen LogP contribution in [0.4, 0.5) is 5.69 Å². The Morgan fingerprint density at radius 2 is 1.86 bits per heavy atom. The van der Waals surface area contributed by atoms with E-state index in [0.717, 1.165) is 5.56 Å². The summed E-state index contributed by atoms with van der Waals surface area (Å²) < 4.78 is 0. The second kappa shape index (κ2) is 7.95. The molecule has 2 rings (SSSR count). The van der Waals surface area contributed by atoms with E-state index in [4.69, 9.17) is 34.8 Å². The van der Waals surface area contributed by atoms with Crippen LogP contribution in [0.5, 0.6) is 0 Å². The third kappa shape index (κ3) is 5.44. The van der Waals surface area contributed by atoms with Gasteiger partial charge >= 0.3 is 0 Å². The monoisotopic (exact) mass is 359 g/mol. The van der Waals surface area contributed by atoms with E-state index in [9.17, 15) is 4.79 Å². The van der Waals surface area contributed by atoms with E-state index in [0.29, 0.717) is 32.3 Å². The van der Waals surface area contributed by atoms with Crippen LogP contribution in [0.3, 0.4) is 0 Å². The largest absolute Gasteiger partial charge is 0.325 e. The first-order valence-corrected chi connectivity index (χ1v) is 8.40. The summed E-state index contributed by atoms with van der Waals surface area (Å²) in [6.45, 7) is 0. The number of amides is 1. The molecule has 0 aromatic heterocycles. The van der Waals surface area contributed by atoms with Crippen LogP contribution in [-0.2, 0) is 10.5 Å². The molecule has 0 atom stereocenters. The van der Waals surface area contributed by atoms with Gasteiger partial charge in [0, 0.05) is 16.5 Å². The molecule has 0 bridgehead atoms. The molecule has 1 amide bonds. The van der Waals surface area contributed by atoms with Crippen LogP contribution < -0.4 is 5.32 Å². The Hall–Kier alpha value is -0.870. The van der Waals surface area contributed by atoms with Gasteiger partial charge in [0.1, 0.15) is 0 Å². The molecule has 1 N–H and O–H groups in total. The smallest absolute Gasteiger partial charge is 0.234 e. The van der Waals surface area contributed by atoms with Gasteiger partial charge in [-0.05, 0) is 35.9 Å². The van der Waals surface area contributed by atoms with Crippen molar-refractivity contribution in [3.05, 3.63) is 63.1 Å². The number of nitrogens with one attached hydrogen (secondary N) is 1. The summed E-state index contributed by atoms with van der Waals surface area (Å²) in [5, 5.41) is 4.45. The van der Waals surface area contributed by atoms with Gasteiger partial charge in [0.05, 0.1) is 15.8 Å². The summed E-state index contributed by atoms with van der Waals surface area (Å²) in [4.78, 5) is 11.8. The van der Waals surface area contributed by atoms with Crippen LogP contribution in [-0.4, -0.2) is 11.7 Å². The Balaban J connectivity index is 1.80. The van der Waals surface area contributed by atoms with E-state index in [-0.39, 0.29) is 5.91 Å². The Morgan fingerprint density at radius 3 is 2.57 bits per heavy atom. The van der Waals surface area contributed by atoms with Crippen molar-refractivity contribution in [3.63, 3.8) is 0 Å². The van der Waals surface area contributed by atoms with E-state index < -0.39 is 0 Å². The Labute approximate surface area is 142 Å².